The lowest BCUT2D eigenvalue weighted by atomic mass is 10.1. The second kappa shape index (κ2) is 6.23. The molecule has 21 heavy (non-hydrogen) atoms. The Hall–Kier alpha value is -2.61. The van der Waals surface area contributed by atoms with E-state index in [4.69, 9.17) is 5.26 Å². The number of hydrogen-bond acceptors (Lipinski definition) is 3. The van der Waals surface area contributed by atoms with Crippen LogP contribution in [0.2, 0.25) is 0 Å². The minimum Gasteiger partial charge on any atom is -0.332 e. The highest BCUT2D eigenvalue weighted by atomic mass is 16.2. The van der Waals surface area contributed by atoms with Gasteiger partial charge in [0.2, 0.25) is 5.91 Å². The number of hydrogen-bond donors (Lipinski definition) is 0. The lowest BCUT2D eigenvalue weighted by molar-refractivity contribution is -0.128. The van der Waals surface area contributed by atoms with Gasteiger partial charge in [-0.3, -0.25) is 4.79 Å². The van der Waals surface area contributed by atoms with E-state index < -0.39 is 0 Å². The predicted molar refractivity (Wildman–Crippen MR) is 80.0 cm³/mol. The van der Waals surface area contributed by atoms with E-state index in [0.717, 1.165) is 22.6 Å². The Morgan fingerprint density at radius 3 is 2.62 bits per heavy atom. The largest absolute Gasteiger partial charge is 0.332 e. The van der Waals surface area contributed by atoms with Crippen LogP contribution >= 0.6 is 0 Å². The molecule has 0 aliphatic heterocycles. The van der Waals surface area contributed by atoms with Gasteiger partial charge >= 0.3 is 0 Å². The maximum Gasteiger partial charge on any atom is 0.227 e. The van der Waals surface area contributed by atoms with Gasteiger partial charge in [-0.2, -0.15) is 10.4 Å². The molecule has 108 valence electrons. The minimum absolute atomic E-state index is 0.0737. The van der Waals surface area contributed by atoms with Crippen LogP contribution in [0.25, 0.3) is 5.69 Å². The van der Waals surface area contributed by atoms with E-state index in [9.17, 15) is 4.79 Å². The Kier molecular flexibility index (Phi) is 4.39. The summed E-state index contributed by atoms with van der Waals surface area (Å²) in [6.45, 7) is 3.96. The van der Waals surface area contributed by atoms with Gasteiger partial charge in [0.05, 0.1) is 23.9 Å². The molecule has 1 aromatic heterocycles. The van der Waals surface area contributed by atoms with Gasteiger partial charge in [0.1, 0.15) is 6.54 Å². The van der Waals surface area contributed by atoms with Crippen LogP contribution in [0.15, 0.2) is 30.3 Å². The Bertz CT molecular complexity index is 682. The van der Waals surface area contributed by atoms with Crippen LogP contribution in [-0.2, 0) is 11.2 Å². The highest BCUT2D eigenvalue weighted by Crippen LogP contribution is 2.18. The quantitative estimate of drug-likeness (QED) is 0.806. The van der Waals surface area contributed by atoms with Crippen LogP contribution < -0.4 is 0 Å². The van der Waals surface area contributed by atoms with Gasteiger partial charge in [-0.15, -0.1) is 0 Å². The van der Waals surface area contributed by atoms with Gasteiger partial charge in [0.25, 0.3) is 0 Å². The molecule has 0 unspecified atom stereocenters. The maximum atomic E-state index is 12.1. The van der Waals surface area contributed by atoms with Crippen LogP contribution in [0.3, 0.4) is 0 Å². The van der Waals surface area contributed by atoms with Gasteiger partial charge in [0, 0.05) is 18.3 Å². The van der Waals surface area contributed by atoms with Crippen molar-refractivity contribution in [3.8, 4) is 11.8 Å². The molecule has 0 spiro atoms. The number of nitriles is 1. The molecule has 0 saturated heterocycles. The smallest absolute Gasteiger partial charge is 0.227 e. The van der Waals surface area contributed by atoms with E-state index in [0.29, 0.717) is 0 Å². The van der Waals surface area contributed by atoms with Gasteiger partial charge < -0.3 is 4.90 Å². The molecule has 2 rings (SSSR count). The van der Waals surface area contributed by atoms with E-state index >= 15 is 0 Å². The molecule has 2 aromatic rings. The first-order valence-electron chi connectivity index (χ1n) is 6.76. The summed E-state index contributed by atoms with van der Waals surface area (Å²) >= 11 is 0. The SMILES string of the molecule is Cc1nn(-c2ccccc2)c(C)c1CC(=O)N(C)CC#N. The fourth-order valence-electron chi connectivity index (χ4n) is 2.23. The van der Waals surface area contributed by atoms with E-state index in [-0.39, 0.29) is 18.9 Å². The molecule has 0 aliphatic carbocycles. The number of carbonyl (C=O) groups excluding carboxylic acids is 1. The van der Waals surface area contributed by atoms with Crippen molar-refractivity contribution < 1.29 is 4.79 Å². The molecular formula is C16H18N4O. The van der Waals surface area contributed by atoms with Crippen molar-refractivity contribution in [2.24, 2.45) is 0 Å². The van der Waals surface area contributed by atoms with Crippen LogP contribution in [0.4, 0.5) is 0 Å². The Morgan fingerprint density at radius 1 is 1.33 bits per heavy atom. The van der Waals surface area contributed by atoms with E-state index in [1.165, 1.54) is 4.90 Å². The first-order chi connectivity index (χ1) is 10.0. The van der Waals surface area contributed by atoms with E-state index in [1.54, 1.807) is 7.05 Å². The Balaban J connectivity index is 2.29. The van der Waals surface area contributed by atoms with Crippen molar-refractivity contribution in [2.75, 3.05) is 13.6 Å². The molecule has 1 aromatic carbocycles. The average Bonchev–Trinajstić information content (AvgIpc) is 2.76. The van der Waals surface area contributed by atoms with Crippen molar-refractivity contribution in [1.29, 1.82) is 5.26 Å². The zero-order valence-corrected chi connectivity index (χ0v) is 12.5. The average molecular weight is 282 g/mol. The third-order valence-electron chi connectivity index (χ3n) is 3.50. The monoisotopic (exact) mass is 282 g/mol. The van der Waals surface area contributed by atoms with Crippen molar-refractivity contribution >= 4 is 5.91 Å². The number of amides is 1. The van der Waals surface area contributed by atoms with Crippen molar-refractivity contribution in [3.63, 3.8) is 0 Å². The third-order valence-corrected chi connectivity index (χ3v) is 3.50. The summed E-state index contributed by atoms with van der Waals surface area (Å²) in [4.78, 5) is 13.5. The molecule has 0 radical (unpaired) electrons. The number of benzene rings is 1. The summed E-state index contributed by atoms with van der Waals surface area (Å²) in [5.41, 5.74) is 3.70. The highest BCUT2D eigenvalue weighted by molar-refractivity contribution is 5.79. The summed E-state index contributed by atoms with van der Waals surface area (Å²) in [6, 6.07) is 11.8. The molecule has 5 nitrogen and oxygen atoms in total. The van der Waals surface area contributed by atoms with E-state index in [1.807, 2.05) is 54.9 Å². The second-order valence-electron chi connectivity index (χ2n) is 4.98. The zero-order chi connectivity index (χ0) is 15.4. The number of aryl methyl sites for hydroxylation is 1. The number of carbonyl (C=O) groups is 1. The minimum atomic E-state index is -0.0737. The predicted octanol–water partition coefficient (Wildman–Crippen LogP) is 2.01. The Morgan fingerprint density at radius 2 is 2.00 bits per heavy atom. The van der Waals surface area contributed by atoms with Crippen LogP contribution in [-0.4, -0.2) is 34.2 Å². The number of rotatable bonds is 4. The second-order valence-corrected chi connectivity index (χ2v) is 4.98. The summed E-state index contributed by atoms with van der Waals surface area (Å²) in [5.74, 6) is -0.0737. The molecule has 0 atom stereocenters. The van der Waals surface area contributed by atoms with Gasteiger partial charge in [-0.1, -0.05) is 18.2 Å². The van der Waals surface area contributed by atoms with Gasteiger partial charge in [0.15, 0.2) is 0 Å². The molecule has 1 heterocycles. The van der Waals surface area contributed by atoms with Crippen molar-refractivity contribution in [3.05, 3.63) is 47.3 Å². The van der Waals surface area contributed by atoms with Crippen LogP contribution in [0.1, 0.15) is 17.0 Å². The molecule has 0 bridgehead atoms. The summed E-state index contributed by atoms with van der Waals surface area (Å²) < 4.78 is 1.85. The summed E-state index contributed by atoms with van der Waals surface area (Å²) in [6.07, 6.45) is 0.267. The fraction of sp³-hybridized carbons (Fsp3) is 0.312. The molecular weight excluding hydrogens is 264 g/mol. The first-order valence-corrected chi connectivity index (χ1v) is 6.76. The van der Waals surface area contributed by atoms with Gasteiger partial charge in [-0.25, -0.2) is 4.68 Å². The molecule has 0 fully saturated rings. The summed E-state index contributed by atoms with van der Waals surface area (Å²) in [7, 11) is 1.64. The van der Waals surface area contributed by atoms with Crippen molar-refractivity contribution in [2.45, 2.75) is 20.3 Å². The standard InChI is InChI=1S/C16H18N4O/c1-12-15(11-16(21)19(3)10-9-17)13(2)20(18-12)14-7-5-4-6-8-14/h4-8H,10-11H2,1-3H3. The van der Waals surface area contributed by atoms with Crippen LogP contribution in [0, 0.1) is 25.2 Å². The number of nitrogens with zero attached hydrogens (tertiary/aromatic N) is 4. The first kappa shape index (κ1) is 14.8. The highest BCUT2D eigenvalue weighted by Gasteiger charge is 2.17. The number of aromatic nitrogens is 2. The lowest BCUT2D eigenvalue weighted by Crippen LogP contribution is -2.28. The normalized spacial score (nSPS) is 10.2. The van der Waals surface area contributed by atoms with Crippen molar-refractivity contribution in [1.82, 2.24) is 14.7 Å². The molecule has 0 aliphatic rings. The fourth-order valence-corrected chi connectivity index (χ4v) is 2.23. The Labute approximate surface area is 124 Å². The molecule has 5 heteroatoms. The lowest BCUT2D eigenvalue weighted by Gasteiger charge is -2.13. The van der Waals surface area contributed by atoms with E-state index in [2.05, 4.69) is 5.10 Å². The summed E-state index contributed by atoms with van der Waals surface area (Å²) in [5, 5.41) is 13.2. The molecule has 0 saturated carbocycles. The topological polar surface area (TPSA) is 61.9 Å². The van der Waals surface area contributed by atoms with Crippen LogP contribution in [0.5, 0.6) is 0 Å². The molecule has 0 N–H and O–H groups in total. The number of likely N-dealkylation sites (N-methyl/N-ethyl adjacent to an activating group) is 1. The third kappa shape index (κ3) is 3.11. The zero-order valence-electron chi connectivity index (χ0n) is 12.5. The number of para-hydroxylation sites is 1. The van der Waals surface area contributed by atoms with Gasteiger partial charge in [-0.05, 0) is 26.0 Å². The molecule has 1 amide bonds. The maximum absolute atomic E-state index is 12.1.